The zero-order valence-corrected chi connectivity index (χ0v) is 15.5. The highest BCUT2D eigenvalue weighted by Crippen LogP contribution is 2.11. The van der Waals surface area contributed by atoms with E-state index >= 15 is 0 Å². The predicted molar refractivity (Wildman–Crippen MR) is 102 cm³/mol. The van der Waals surface area contributed by atoms with E-state index < -0.39 is 0 Å². The van der Waals surface area contributed by atoms with Crippen LogP contribution in [0, 0.1) is 0 Å². The van der Waals surface area contributed by atoms with Crippen LogP contribution in [0.1, 0.15) is 37.8 Å². The van der Waals surface area contributed by atoms with E-state index in [-0.39, 0.29) is 0 Å². The summed E-state index contributed by atoms with van der Waals surface area (Å²) in [6.07, 6.45) is 4.57. The van der Waals surface area contributed by atoms with E-state index in [0.29, 0.717) is 13.2 Å². The van der Waals surface area contributed by atoms with Crippen molar-refractivity contribution in [1.82, 2.24) is 10.6 Å². The first kappa shape index (κ1) is 19.8. The maximum absolute atomic E-state index is 5.54. The Bertz CT molecular complexity index is 452. The van der Waals surface area contributed by atoms with Crippen molar-refractivity contribution in [2.45, 2.75) is 39.8 Å². The van der Waals surface area contributed by atoms with Crippen molar-refractivity contribution in [2.75, 3.05) is 31.7 Å². The largest absolute Gasteiger partial charge is 0.377 e. The summed E-state index contributed by atoms with van der Waals surface area (Å²) in [5, 5.41) is 6.72. The Morgan fingerprint density at radius 3 is 2.61 bits per heavy atom. The molecule has 0 bridgehead atoms. The quantitative estimate of drug-likeness (QED) is 0.369. The molecule has 0 amide bonds. The molecular formula is C18H31N3OS. The first-order valence-electron chi connectivity index (χ1n) is 8.47. The van der Waals surface area contributed by atoms with Gasteiger partial charge in [0.05, 0.1) is 13.2 Å². The van der Waals surface area contributed by atoms with Gasteiger partial charge in [0.1, 0.15) is 0 Å². The van der Waals surface area contributed by atoms with Crippen molar-refractivity contribution in [1.29, 1.82) is 0 Å². The van der Waals surface area contributed by atoms with Gasteiger partial charge in [-0.15, -0.1) is 0 Å². The Morgan fingerprint density at radius 1 is 1.13 bits per heavy atom. The number of guanidine groups is 1. The van der Waals surface area contributed by atoms with Crippen LogP contribution in [0.25, 0.3) is 0 Å². The Hall–Kier alpha value is -1.20. The van der Waals surface area contributed by atoms with E-state index in [2.05, 4.69) is 48.1 Å². The van der Waals surface area contributed by atoms with Crippen LogP contribution in [0.15, 0.2) is 29.3 Å². The van der Waals surface area contributed by atoms with Gasteiger partial charge in [-0.3, -0.25) is 0 Å². The van der Waals surface area contributed by atoms with Crippen LogP contribution in [0.5, 0.6) is 0 Å². The minimum absolute atomic E-state index is 0.654. The molecule has 0 saturated heterocycles. The van der Waals surface area contributed by atoms with Gasteiger partial charge in [-0.05, 0) is 49.8 Å². The molecule has 0 fully saturated rings. The minimum atomic E-state index is 0.654. The summed E-state index contributed by atoms with van der Waals surface area (Å²) in [5.74, 6) is 2.11. The molecule has 4 nitrogen and oxygen atoms in total. The van der Waals surface area contributed by atoms with Gasteiger partial charge in [-0.1, -0.05) is 24.3 Å². The number of nitrogens with one attached hydrogen (secondary N) is 2. The van der Waals surface area contributed by atoms with E-state index in [0.717, 1.165) is 25.7 Å². The van der Waals surface area contributed by atoms with Gasteiger partial charge in [0, 0.05) is 19.7 Å². The van der Waals surface area contributed by atoms with Crippen LogP contribution in [0.2, 0.25) is 0 Å². The number of unbranched alkanes of at least 4 members (excludes halogenated alkanes) is 1. The zero-order valence-electron chi connectivity index (χ0n) is 14.7. The third-order valence-corrected chi connectivity index (χ3v) is 4.10. The number of hydrogen-bond acceptors (Lipinski definition) is 3. The summed E-state index contributed by atoms with van der Waals surface area (Å²) >= 11 is 1.90. The molecule has 0 aliphatic rings. The number of aliphatic imine (C=N–C) groups is 1. The summed E-state index contributed by atoms with van der Waals surface area (Å²) in [5.41, 5.74) is 2.44. The first-order chi connectivity index (χ1) is 11.3. The minimum Gasteiger partial charge on any atom is -0.377 e. The van der Waals surface area contributed by atoms with E-state index in [1.54, 1.807) is 0 Å². The van der Waals surface area contributed by atoms with Crippen LogP contribution in [-0.2, 0) is 17.9 Å². The third kappa shape index (κ3) is 8.86. The Kier molecular flexibility index (Phi) is 11.4. The van der Waals surface area contributed by atoms with Crippen molar-refractivity contribution < 1.29 is 4.74 Å². The van der Waals surface area contributed by atoms with E-state index in [4.69, 9.17) is 9.73 Å². The molecule has 0 unspecified atom stereocenters. The number of thioether (sulfide) groups is 1. The Labute approximate surface area is 145 Å². The van der Waals surface area contributed by atoms with E-state index in [1.807, 2.05) is 18.7 Å². The fourth-order valence-electron chi connectivity index (χ4n) is 2.15. The van der Waals surface area contributed by atoms with Crippen molar-refractivity contribution in [3.05, 3.63) is 35.4 Å². The second-order valence-electron chi connectivity index (χ2n) is 5.23. The normalized spacial score (nSPS) is 11.5. The molecule has 2 N–H and O–H groups in total. The molecule has 1 rings (SSSR count). The highest BCUT2D eigenvalue weighted by molar-refractivity contribution is 7.98. The van der Waals surface area contributed by atoms with E-state index in [9.17, 15) is 0 Å². The summed E-state index contributed by atoms with van der Waals surface area (Å²) in [4.78, 5) is 4.70. The van der Waals surface area contributed by atoms with Crippen LogP contribution in [-0.4, -0.2) is 37.7 Å². The lowest BCUT2D eigenvalue weighted by molar-refractivity contribution is 0.133. The maximum atomic E-state index is 5.54. The average Bonchev–Trinajstić information content (AvgIpc) is 2.58. The summed E-state index contributed by atoms with van der Waals surface area (Å²) in [6.45, 7) is 8.01. The van der Waals surface area contributed by atoms with Crippen LogP contribution >= 0.6 is 11.8 Å². The van der Waals surface area contributed by atoms with Crippen LogP contribution < -0.4 is 10.6 Å². The smallest absolute Gasteiger partial charge is 0.191 e. The molecule has 23 heavy (non-hydrogen) atoms. The number of hydrogen-bond donors (Lipinski definition) is 2. The maximum Gasteiger partial charge on any atom is 0.191 e. The third-order valence-electron chi connectivity index (χ3n) is 3.40. The van der Waals surface area contributed by atoms with Gasteiger partial charge in [-0.2, -0.15) is 11.8 Å². The van der Waals surface area contributed by atoms with Crippen molar-refractivity contribution in [3.63, 3.8) is 0 Å². The molecular weight excluding hydrogens is 306 g/mol. The number of nitrogens with zero attached hydrogens (tertiary/aromatic N) is 1. The molecule has 0 heterocycles. The standard InChI is InChI=1S/C18H31N3OS/c1-4-19-18(20-12-8-9-13-23-3)21-14-16-10-6-7-11-17(16)15-22-5-2/h6-7,10-11H,4-5,8-9,12-15H2,1-3H3,(H2,19,20,21). The zero-order chi connectivity index (χ0) is 16.8. The second kappa shape index (κ2) is 13.3. The highest BCUT2D eigenvalue weighted by atomic mass is 32.2. The van der Waals surface area contributed by atoms with Crippen LogP contribution in [0.4, 0.5) is 0 Å². The van der Waals surface area contributed by atoms with Crippen LogP contribution in [0.3, 0.4) is 0 Å². The fraction of sp³-hybridized carbons (Fsp3) is 0.611. The fourth-order valence-corrected chi connectivity index (χ4v) is 2.64. The molecule has 1 aromatic rings. The van der Waals surface area contributed by atoms with Gasteiger partial charge < -0.3 is 15.4 Å². The lowest BCUT2D eigenvalue weighted by atomic mass is 10.1. The Morgan fingerprint density at radius 2 is 1.91 bits per heavy atom. The van der Waals surface area contributed by atoms with Gasteiger partial charge in [0.15, 0.2) is 5.96 Å². The molecule has 0 aromatic heterocycles. The summed E-state index contributed by atoms with van der Waals surface area (Å²) < 4.78 is 5.54. The van der Waals surface area contributed by atoms with Crippen molar-refractivity contribution in [3.8, 4) is 0 Å². The van der Waals surface area contributed by atoms with Gasteiger partial charge >= 0.3 is 0 Å². The molecule has 0 aliphatic heterocycles. The van der Waals surface area contributed by atoms with E-state index in [1.165, 1.54) is 29.7 Å². The molecule has 1 aromatic carbocycles. The predicted octanol–water partition coefficient (Wildman–Crippen LogP) is 3.42. The summed E-state index contributed by atoms with van der Waals surface area (Å²) in [7, 11) is 0. The molecule has 5 heteroatoms. The second-order valence-corrected chi connectivity index (χ2v) is 6.21. The summed E-state index contributed by atoms with van der Waals surface area (Å²) in [6, 6.07) is 8.35. The van der Waals surface area contributed by atoms with Crippen molar-refractivity contribution in [2.24, 2.45) is 4.99 Å². The number of benzene rings is 1. The molecule has 0 spiro atoms. The average molecular weight is 338 g/mol. The monoisotopic (exact) mass is 337 g/mol. The van der Waals surface area contributed by atoms with Gasteiger partial charge in [0.2, 0.25) is 0 Å². The lowest BCUT2D eigenvalue weighted by Gasteiger charge is -2.12. The molecule has 0 radical (unpaired) electrons. The first-order valence-corrected chi connectivity index (χ1v) is 9.86. The molecule has 0 aliphatic carbocycles. The number of rotatable bonds is 11. The highest BCUT2D eigenvalue weighted by Gasteiger charge is 2.02. The lowest BCUT2D eigenvalue weighted by Crippen LogP contribution is -2.37. The number of ether oxygens (including phenoxy) is 1. The van der Waals surface area contributed by atoms with Crippen molar-refractivity contribution >= 4 is 17.7 Å². The molecule has 0 atom stereocenters. The topological polar surface area (TPSA) is 45.7 Å². The molecule has 0 saturated carbocycles. The van der Waals surface area contributed by atoms with Gasteiger partial charge in [0.25, 0.3) is 0 Å². The van der Waals surface area contributed by atoms with Gasteiger partial charge in [-0.25, -0.2) is 4.99 Å². The SMILES string of the molecule is CCNC(=NCc1ccccc1COCC)NCCCCSC. The molecule has 130 valence electrons. The Balaban J connectivity index is 2.55.